The predicted molar refractivity (Wildman–Crippen MR) is 70.5 cm³/mol. The first-order chi connectivity index (χ1) is 8.84. The zero-order chi connectivity index (χ0) is 14.2. The van der Waals surface area contributed by atoms with Gasteiger partial charge in [-0.05, 0) is 25.1 Å². The molecule has 0 aromatic heterocycles. The number of amides is 1. The van der Waals surface area contributed by atoms with Crippen LogP contribution < -0.4 is 5.32 Å². The first-order valence-electron chi connectivity index (χ1n) is 5.58. The van der Waals surface area contributed by atoms with Gasteiger partial charge in [-0.15, -0.1) is 0 Å². The molecular weight excluding hydrogens is 339 g/mol. The number of halogens is 2. The monoisotopic (exact) mass is 350 g/mol. The Balaban J connectivity index is 2.44. The van der Waals surface area contributed by atoms with E-state index in [1.165, 1.54) is 19.1 Å². The molecule has 0 bridgehead atoms. The number of nitrogens with one attached hydrogen (secondary N) is 1. The summed E-state index contributed by atoms with van der Waals surface area (Å²) in [5, 5.41) is 2.56. The average Bonchev–Trinajstić information content (AvgIpc) is 2.31. The normalized spacial score (nSPS) is 21.2. The third-order valence-electron chi connectivity index (χ3n) is 2.92. The van der Waals surface area contributed by atoms with Crippen molar-refractivity contribution in [2.24, 2.45) is 0 Å². The van der Waals surface area contributed by atoms with Crippen molar-refractivity contribution in [2.75, 3.05) is 13.1 Å². The molecule has 1 saturated heterocycles. The van der Waals surface area contributed by atoms with Crippen molar-refractivity contribution < 1.29 is 17.6 Å². The summed E-state index contributed by atoms with van der Waals surface area (Å²) in [4.78, 5) is 11.1. The number of carbonyl (C=O) groups is 1. The van der Waals surface area contributed by atoms with E-state index in [-0.39, 0.29) is 19.0 Å². The molecule has 19 heavy (non-hydrogen) atoms. The Kier molecular flexibility index (Phi) is 3.93. The minimum Gasteiger partial charge on any atom is -0.353 e. The largest absolute Gasteiger partial charge is 0.353 e. The van der Waals surface area contributed by atoms with Gasteiger partial charge in [0.05, 0.1) is 0 Å². The third kappa shape index (κ3) is 2.65. The molecule has 1 amide bonds. The molecule has 1 fully saturated rings. The van der Waals surface area contributed by atoms with Gasteiger partial charge in [-0.1, -0.05) is 15.9 Å². The Labute approximate surface area is 119 Å². The summed E-state index contributed by atoms with van der Waals surface area (Å²) in [5.74, 6) is -1.22. The van der Waals surface area contributed by atoms with Crippen LogP contribution in [0.5, 0.6) is 0 Å². The minimum atomic E-state index is -4.01. The van der Waals surface area contributed by atoms with Gasteiger partial charge in [-0.3, -0.25) is 4.79 Å². The Morgan fingerprint density at radius 3 is 2.79 bits per heavy atom. The zero-order valence-corrected chi connectivity index (χ0v) is 12.5. The van der Waals surface area contributed by atoms with Crippen LogP contribution in [0.15, 0.2) is 27.6 Å². The number of nitrogens with zero attached hydrogens (tertiary/aromatic N) is 1. The highest BCUT2D eigenvalue weighted by Crippen LogP contribution is 2.24. The molecule has 1 unspecified atom stereocenters. The van der Waals surface area contributed by atoms with E-state index in [1.54, 1.807) is 0 Å². The molecule has 1 N–H and O–H groups in total. The highest BCUT2D eigenvalue weighted by molar-refractivity contribution is 9.10. The highest BCUT2D eigenvalue weighted by Gasteiger charge is 2.36. The van der Waals surface area contributed by atoms with E-state index in [4.69, 9.17) is 0 Å². The van der Waals surface area contributed by atoms with E-state index < -0.39 is 26.8 Å². The van der Waals surface area contributed by atoms with Crippen molar-refractivity contribution in [1.29, 1.82) is 0 Å². The van der Waals surface area contributed by atoms with Gasteiger partial charge < -0.3 is 5.32 Å². The van der Waals surface area contributed by atoms with Gasteiger partial charge >= 0.3 is 0 Å². The smallest absolute Gasteiger partial charge is 0.246 e. The van der Waals surface area contributed by atoms with Gasteiger partial charge in [0.25, 0.3) is 0 Å². The molecule has 104 valence electrons. The topological polar surface area (TPSA) is 66.5 Å². The lowest BCUT2D eigenvalue weighted by atomic mass is 10.2. The summed E-state index contributed by atoms with van der Waals surface area (Å²) in [6.45, 7) is 1.83. The van der Waals surface area contributed by atoms with E-state index in [9.17, 15) is 17.6 Å². The maximum absolute atomic E-state index is 13.8. The fourth-order valence-electron chi connectivity index (χ4n) is 1.90. The molecule has 0 saturated carbocycles. The van der Waals surface area contributed by atoms with Crippen molar-refractivity contribution in [2.45, 2.75) is 17.9 Å². The number of hydrogen-bond donors (Lipinski definition) is 1. The number of hydrogen-bond acceptors (Lipinski definition) is 3. The summed E-state index contributed by atoms with van der Waals surface area (Å²) < 4.78 is 40.0. The number of sulfonamides is 1. The molecule has 1 heterocycles. The lowest BCUT2D eigenvalue weighted by Crippen LogP contribution is -2.55. The highest BCUT2D eigenvalue weighted by atomic mass is 79.9. The third-order valence-corrected chi connectivity index (χ3v) is 5.42. The van der Waals surface area contributed by atoms with Gasteiger partial charge in [-0.25, -0.2) is 12.8 Å². The van der Waals surface area contributed by atoms with Crippen molar-refractivity contribution in [3.05, 3.63) is 28.5 Å². The van der Waals surface area contributed by atoms with E-state index in [1.807, 2.05) is 0 Å². The Morgan fingerprint density at radius 2 is 2.16 bits per heavy atom. The van der Waals surface area contributed by atoms with Crippen LogP contribution in [0, 0.1) is 5.82 Å². The second kappa shape index (κ2) is 5.18. The quantitative estimate of drug-likeness (QED) is 0.868. The number of benzene rings is 1. The molecule has 0 spiro atoms. The first-order valence-corrected chi connectivity index (χ1v) is 7.82. The summed E-state index contributed by atoms with van der Waals surface area (Å²) in [6.07, 6.45) is 0. The molecule has 0 aliphatic carbocycles. The molecule has 1 atom stereocenters. The Bertz CT molecular complexity index is 620. The summed E-state index contributed by atoms with van der Waals surface area (Å²) >= 11 is 3.07. The number of piperazine rings is 1. The van der Waals surface area contributed by atoms with Crippen LogP contribution in [0.25, 0.3) is 0 Å². The second-order valence-corrected chi connectivity index (χ2v) is 6.93. The standard InChI is InChI=1S/C11H12BrFN2O3S/c1-7-11(16)14-4-5-15(7)19(17,18)10-3-2-8(12)6-9(10)13/h2-3,6-7H,4-5H2,1H3,(H,14,16). The Morgan fingerprint density at radius 1 is 1.47 bits per heavy atom. The molecule has 1 aromatic carbocycles. The van der Waals surface area contributed by atoms with Crippen molar-refractivity contribution in [1.82, 2.24) is 9.62 Å². The maximum Gasteiger partial charge on any atom is 0.246 e. The van der Waals surface area contributed by atoms with Crippen LogP contribution in [0.2, 0.25) is 0 Å². The van der Waals surface area contributed by atoms with Crippen LogP contribution in [0.1, 0.15) is 6.92 Å². The SMILES string of the molecule is CC1C(=O)NCCN1S(=O)(=O)c1ccc(Br)cc1F. The lowest BCUT2D eigenvalue weighted by molar-refractivity contribution is -0.126. The molecule has 1 aliphatic rings. The van der Waals surface area contributed by atoms with Crippen LogP contribution in [0.4, 0.5) is 4.39 Å². The van der Waals surface area contributed by atoms with E-state index in [2.05, 4.69) is 21.2 Å². The fraction of sp³-hybridized carbons (Fsp3) is 0.364. The number of rotatable bonds is 2. The molecular formula is C11H12BrFN2O3S. The van der Waals surface area contributed by atoms with Gasteiger partial charge in [-0.2, -0.15) is 4.31 Å². The van der Waals surface area contributed by atoms with Crippen LogP contribution in [-0.2, 0) is 14.8 Å². The molecule has 0 radical (unpaired) electrons. The van der Waals surface area contributed by atoms with Crippen molar-refractivity contribution >= 4 is 31.9 Å². The summed E-state index contributed by atoms with van der Waals surface area (Å²) in [6, 6.07) is 2.88. The minimum absolute atomic E-state index is 0.130. The fourth-order valence-corrected chi connectivity index (χ4v) is 3.88. The summed E-state index contributed by atoms with van der Waals surface area (Å²) in [5.41, 5.74) is 0. The van der Waals surface area contributed by atoms with Crippen LogP contribution >= 0.6 is 15.9 Å². The van der Waals surface area contributed by atoms with Gasteiger partial charge in [0.2, 0.25) is 15.9 Å². The van der Waals surface area contributed by atoms with Gasteiger partial charge in [0.1, 0.15) is 16.8 Å². The van der Waals surface area contributed by atoms with E-state index in [0.29, 0.717) is 4.47 Å². The lowest BCUT2D eigenvalue weighted by Gasteiger charge is -2.31. The van der Waals surface area contributed by atoms with Crippen LogP contribution in [-0.4, -0.2) is 37.8 Å². The van der Waals surface area contributed by atoms with Gasteiger partial charge in [0.15, 0.2) is 0 Å². The van der Waals surface area contributed by atoms with E-state index >= 15 is 0 Å². The average molecular weight is 351 g/mol. The molecule has 1 aliphatic heterocycles. The molecule has 1 aromatic rings. The zero-order valence-electron chi connectivity index (χ0n) is 10.1. The van der Waals surface area contributed by atoms with Crippen LogP contribution in [0.3, 0.4) is 0 Å². The van der Waals surface area contributed by atoms with Crippen molar-refractivity contribution in [3.63, 3.8) is 0 Å². The van der Waals surface area contributed by atoms with E-state index in [0.717, 1.165) is 10.4 Å². The van der Waals surface area contributed by atoms with Crippen molar-refractivity contribution in [3.8, 4) is 0 Å². The molecule has 2 rings (SSSR count). The Hall–Kier alpha value is -0.990. The second-order valence-electron chi connectivity index (χ2n) is 4.16. The maximum atomic E-state index is 13.8. The molecule has 5 nitrogen and oxygen atoms in total. The predicted octanol–water partition coefficient (Wildman–Crippen LogP) is 1.10. The molecule has 8 heteroatoms. The summed E-state index contributed by atoms with van der Waals surface area (Å²) in [7, 11) is -4.01. The number of carbonyl (C=O) groups excluding carboxylic acids is 1. The van der Waals surface area contributed by atoms with Gasteiger partial charge in [0, 0.05) is 17.6 Å². The first kappa shape index (κ1) is 14.4.